The number of benzene rings is 1. The smallest absolute Gasteiger partial charge is 0.349 e. The Bertz CT molecular complexity index is 975. The Balaban J connectivity index is 1.67. The number of nitrogens with one attached hydrogen (secondary N) is 1. The molecular weight excluding hydrogens is 413 g/mol. The van der Waals surface area contributed by atoms with E-state index >= 15 is 0 Å². The van der Waals surface area contributed by atoms with Crippen molar-refractivity contribution >= 4 is 34.9 Å². The van der Waals surface area contributed by atoms with Crippen LogP contribution in [0.4, 0.5) is 13.2 Å². The number of alkyl halides is 3. The molecule has 0 radical (unpaired) electrons. The lowest BCUT2D eigenvalue weighted by atomic mass is 10.0. The first-order chi connectivity index (χ1) is 13.3. The molecule has 148 valence electrons. The molecule has 0 saturated heterocycles. The molecule has 0 saturated carbocycles. The minimum atomic E-state index is -4.47. The van der Waals surface area contributed by atoms with Gasteiger partial charge in [-0.1, -0.05) is 42.4 Å². The van der Waals surface area contributed by atoms with Crippen molar-refractivity contribution in [1.82, 2.24) is 19.9 Å². The highest BCUT2D eigenvalue weighted by molar-refractivity contribution is 7.99. The van der Waals surface area contributed by atoms with Crippen molar-refractivity contribution in [2.24, 2.45) is 0 Å². The van der Waals surface area contributed by atoms with E-state index in [1.807, 2.05) is 19.1 Å². The van der Waals surface area contributed by atoms with Crippen LogP contribution in [-0.4, -0.2) is 26.3 Å². The summed E-state index contributed by atoms with van der Waals surface area (Å²) in [6.45, 7) is 1.94. The van der Waals surface area contributed by atoms with E-state index in [-0.39, 0.29) is 28.5 Å². The minimum absolute atomic E-state index is 0.00112. The monoisotopic (exact) mass is 428 g/mol. The van der Waals surface area contributed by atoms with Crippen molar-refractivity contribution in [3.05, 3.63) is 58.7 Å². The number of hydrogen-bond donors (Lipinski definition) is 1. The topological polar surface area (TPSA) is 59.3 Å². The maximum atomic E-state index is 12.9. The maximum Gasteiger partial charge on any atom is 0.417 e. The molecule has 1 unspecified atom stereocenters. The van der Waals surface area contributed by atoms with Gasteiger partial charge in [-0.3, -0.25) is 9.20 Å². The molecule has 10 heteroatoms. The van der Waals surface area contributed by atoms with Gasteiger partial charge in [0.2, 0.25) is 5.91 Å². The van der Waals surface area contributed by atoms with E-state index in [2.05, 4.69) is 15.5 Å². The third kappa shape index (κ3) is 4.77. The SMILES string of the molecule is CCC(NC(=O)CSc1nnc2ccc(C(F)(F)F)cn12)c1ccc(Cl)cc1. The lowest BCUT2D eigenvalue weighted by Crippen LogP contribution is -2.29. The Labute approximate surface area is 168 Å². The molecule has 5 nitrogen and oxygen atoms in total. The summed E-state index contributed by atoms with van der Waals surface area (Å²) in [6, 6.07) is 9.19. The average molecular weight is 429 g/mol. The Morgan fingerprint density at radius 3 is 2.57 bits per heavy atom. The van der Waals surface area contributed by atoms with Gasteiger partial charge in [-0.15, -0.1) is 10.2 Å². The predicted molar refractivity (Wildman–Crippen MR) is 101 cm³/mol. The van der Waals surface area contributed by atoms with E-state index in [4.69, 9.17) is 11.6 Å². The zero-order valence-corrected chi connectivity index (χ0v) is 16.3. The number of aromatic nitrogens is 3. The van der Waals surface area contributed by atoms with Gasteiger partial charge in [-0.25, -0.2) is 0 Å². The number of carbonyl (C=O) groups is 1. The van der Waals surface area contributed by atoms with Crippen molar-refractivity contribution in [3.8, 4) is 0 Å². The molecule has 2 aromatic heterocycles. The number of fused-ring (bicyclic) bond motifs is 1. The zero-order chi connectivity index (χ0) is 20.3. The zero-order valence-electron chi connectivity index (χ0n) is 14.7. The van der Waals surface area contributed by atoms with Crippen molar-refractivity contribution < 1.29 is 18.0 Å². The number of rotatable bonds is 6. The molecule has 0 spiro atoms. The van der Waals surface area contributed by atoms with Gasteiger partial charge in [0.25, 0.3) is 0 Å². The fraction of sp³-hybridized carbons (Fsp3) is 0.278. The lowest BCUT2D eigenvalue weighted by molar-refractivity contribution is -0.137. The summed E-state index contributed by atoms with van der Waals surface area (Å²) in [5.41, 5.74) is 0.399. The van der Waals surface area contributed by atoms with E-state index in [0.29, 0.717) is 11.4 Å². The van der Waals surface area contributed by atoms with Crippen LogP contribution in [0.1, 0.15) is 30.5 Å². The van der Waals surface area contributed by atoms with Gasteiger partial charge in [0, 0.05) is 11.2 Å². The molecule has 28 heavy (non-hydrogen) atoms. The van der Waals surface area contributed by atoms with E-state index in [9.17, 15) is 18.0 Å². The summed E-state index contributed by atoms with van der Waals surface area (Å²) in [5.74, 6) is -0.253. The molecule has 3 rings (SSSR count). The van der Waals surface area contributed by atoms with E-state index in [0.717, 1.165) is 29.6 Å². The molecule has 1 atom stereocenters. The Hall–Kier alpha value is -2.26. The van der Waals surface area contributed by atoms with Crippen LogP contribution in [-0.2, 0) is 11.0 Å². The third-order valence-electron chi connectivity index (χ3n) is 4.05. The Morgan fingerprint density at radius 1 is 1.21 bits per heavy atom. The van der Waals surface area contributed by atoms with Crippen molar-refractivity contribution in [2.45, 2.75) is 30.7 Å². The number of hydrogen-bond acceptors (Lipinski definition) is 4. The van der Waals surface area contributed by atoms with E-state index in [1.54, 1.807) is 12.1 Å². The van der Waals surface area contributed by atoms with Crippen LogP contribution in [0, 0.1) is 0 Å². The Morgan fingerprint density at radius 2 is 1.93 bits per heavy atom. The first-order valence-electron chi connectivity index (χ1n) is 8.37. The molecule has 1 N–H and O–H groups in total. The van der Waals surface area contributed by atoms with E-state index in [1.165, 1.54) is 10.5 Å². The average Bonchev–Trinajstić information content (AvgIpc) is 3.07. The van der Waals surface area contributed by atoms with Crippen LogP contribution in [0.3, 0.4) is 0 Å². The number of halogens is 4. The lowest BCUT2D eigenvalue weighted by Gasteiger charge is -2.17. The van der Waals surface area contributed by atoms with Gasteiger partial charge in [-0.2, -0.15) is 13.2 Å². The fourth-order valence-corrected chi connectivity index (χ4v) is 3.47. The number of carbonyl (C=O) groups excluding carboxylic acids is 1. The summed E-state index contributed by atoms with van der Waals surface area (Å²) in [6.07, 6.45) is -2.86. The van der Waals surface area contributed by atoms with Gasteiger partial charge >= 0.3 is 6.18 Å². The Kier molecular flexibility index (Phi) is 6.14. The molecule has 1 aromatic carbocycles. The standard InChI is InChI=1S/C18H16ClF3N4OS/c1-2-14(11-3-6-13(19)7-4-11)23-16(27)10-28-17-25-24-15-8-5-12(9-26(15)17)18(20,21)22/h3-9,14H,2,10H2,1H3,(H,23,27). The van der Waals surface area contributed by atoms with Crippen molar-refractivity contribution in [3.63, 3.8) is 0 Å². The molecule has 0 aliphatic rings. The second-order valence-electron chi connectivity index (χ2n) is 5.99. The molecular formula is C18H16ClF3N4OS. The van der Waals surface area contributed by atoms with Crippen LogP contribution in [0.25, 0.3) is 5.65 Å². The van der Waals surface area contributed by atoms with Crippen molar-refractivity contribution in [2.75, 3.05) is 5.75 Å². The summed E-state index contributed by atoms with van der Waals surface area (Å²) >= 11 is 6.91. The van der Waals surface area contributed by atoms with Gasteiger partial charge < -0.3 is 5.32 Å². The molecule has 1 amide bonds. The van der Waals surface area contributed by atoms with Gasteiger partial charge in [-0.05, 0) is 36.2 Å². The predicted octanol–water partition coefficient (Wildman–Crippen LogP) is 4.76. The number of pyridine rings is 1. The highest BCUT2D eigenvalue weighted by atomic mass is 35.5. The highest BCUT2D eigenvalue weighted by Crippen LogP contribution is 2.30. The number of nitrogens with zero attached hydrogens (tertiary/aromatic N) is 3. The normalized spacial score (nSPS) is 12.9. The first-order valence-corrected chi connectivity index (χ1v) is 9.74. The van der Waals surface area contributed by atoms with E-state index < -0.39 is 11.7 Å². The van der Waals surface area contributed by atoms with Crippen molar-refractivity contribution in [1.29, 1.82) is 0 Å². The summed E-state index contributed by atoms with van der Waals surface area (Å²) in [4.78, 5) is 12.3. The molecule has 0 bridgehead atoms. The molecule has 0 aliphatic carbocycles. The van der Waals surface area contributed by atoms with Crippen LogP contribution >= 0.6 is 23.4 Å². The largest absolute Gasteiger partial charge is 0.417 e. The summed E-state index contributed by atoms with van der Waals surface area (Å²) in [7, 11) is 0. The molecule has 0 aliphatic heterocycles. The van der Waals surface area contributed by atoms with Crippen LogP contribution in [0.15, 0.2) is 47.8 Å². The third-order valence-corrected chi connectivity index (χ3v) is 5.24. The number of thioether (sulfide) groups is 1. The molecule has 2 heterocycles. The van der Waals surface area contributed by atoms with Gasteiger partial charge in [0.1, 0.15) is 0 Å². The van der Waals surface area contributed by atoms with Gasteiger partial charge in [0.15, 0.2) is 10.8 Å². The number of amides is 1. The second-order valence-corrected chi connectivity index (χ2v) is 7.37. The highest BCUT2D eigenvalue weighted by Gasteiger charge is 2.31. The maximum absolute atomic E-state index is 12.9. The molecule has 3 aromatic rings. The quantitative estimate of drug-likeness (QED) is 0.575. The minimum Gasteiger partial charge on any atom is -0.349 e. The summed E-state index contributed by atoms with van der Waals surface area (Å²) in [5, 5.41) is 11.4. The first kappa shape index (κ1) is 20.5. The summed E-state index contributed by atoms with van der Waals surface area (Å²) < 4.78 is 39.9. The van der Waals surface area contributed by atoms with Crippen LogP contribution < -0.4 is 5.32 Å². The van der Waals surface area contributed by atoms with Crippen LogP contribution in [0.2, 0.25) is 5.02 Å². The van der Waals surface area contributed by atoms with Crippen LogP contribution in [0.5, 0.6) is 0 Å². The molecule has 0 fully saturated rings. The second kappa shape index (κ2) is 8.40. The van der Waals surface area contributed by atoms with Gasteiger partial charge in [0.05, 0.1) is 17.4 Å². The fourth-order valence-electron chi connectivity index (χ4n) is 2.62.